The molecule has 2 aromatic rings. The number of hydrogen-bond acceptors (Lipinski definition) is 6. The zero-order valence-corrected chi connectivity index (χ0v) is 14.7. The van der Waals surface area contributed by atoms with Crippen LogP contribution in [0.25, 0.3) is 11.3 Å². The summed E-state index contributed by atoms with van der Waals surface area (Å²) in [5, 5.41) is 10.7. The van der Waals surface area contributed by atoms with Crippen molar-refractivity contribution < 1.29 is 14.1 Å². The predicted molar refractivity (Wildman–Crippen MR) is 98.3 cm³/mol. The lowest BCUT2D eigenvalue weighted by Crippen LogP contribution is -2.46. The average molecular weight is 356 g/mol. The summed E-state index contributed by atoms with van der Waals surface area (Å²) in [6.45, 7) is 4.46. The molecule has 0 radical (unpaired) electrons. The van der Waals surface area contributed by atoms with E-state index in [0.717, 1.165) is 31.5 Å². The lowest BCUT2D eigenvalue weighted by molar-refractivity contribution is 0.0929. The Hall–Kier alpha value is -2.38. The second kappa shape index (κ2) is 7.88. The van der Waals surface area contributed by atoms with Crippen LogP contribution in [0.15, 0.2) is 34.9 Å². The normalized spacial score (nSPS) is 20.8. The quantitative estimate of drug-likeness (QED) is 0.867. The molecule has 0 bridgehead atoms. The highest BCUT2D eigenvalue weighted by Gasteiger charge is 2.30. The number of carbonyl (C=O) groups is 1. The number of carbonyl (C=O) groups excluding carboxylic acids is 1. The summed E-state index contributed by atoms with van der Waals surface area (Å²) < 4.78 is 11.1. The molecule has 3 heterocycles. The first-order valence-corrected chi connectivity index (χ1v) is 9.22. The molecule has 2 aliphatic rings. The molecular weight excluding hydrogens is 332 g/mol. The van der Waals surface area contributed by atoms with Gasteiger partial charge >= 0.3 is 0 Å². The van der Waals surface area contributed by atoms with Crippen molar-refractivity contribution in [1.29, 1.82) is 0 Å². The van der Waals surface area contributed by atoms with Crippen LogP contribution in [0.3, 0.4) is 0 Å². The second-order valence-electron chi connectivity index (χ2n) is 6.69. The zero-order chi connectivity index (χ0) is 17.8. The van der Waals surface area contributed by atoms with Crippen molar-refractivity contribution in [2.24, 2.45) is 0 Å². The van der Waals surface area contributed by atoms with Crippen molar-refractivity contribution in [1.82, 2.24) is 15.8 Å². The summed E-state index contributed by atoms with van der Waals surface area (Å²) in [6, 6.07) is 9.80. The fourth-order valence-corrected chi connectivity index (χ4v) is 3.50. The number of piperidine rings is 1. The third-order valence-corrected chi connectivity index (χ3v) is 4.88. The van der Waals surface area contributed by atoms with E-state index in [-0.39, 0.29) is 11.9 Å². The van der Waals surface area contributed by atoms with Crippen LogP contribution < -0.4 is 15.5 Å². The van der Waals surface area contributed by atoms with Crippen LogP contribution in [0.1, 0.15) is 23.2 Å². The molecule has 26 heavy (non-hydrogen) atoms. The molecule has 1 atom stereocenters. The molecule has 2 fully saturated rings. The van der Waals surface area contributed by atoms with E-state index >= 15 is 0 Å². The Labute approximate surface area is 152 Å². The summed E-state index contributed by atoms with van der Waals surface area (Å²) in [6.07, 6.45) is 2.05. The monoisotopic (exact) mass is 356 g/mol. The minimum atomic E-state index is -0.125. The van der Waals surface area contributed by atoms with Crippen molar-refractivity contribution in [3.8, 4) is 11.3 Å². The Morgan fingerprint density at radius 2 is 2.04 bits per heavy atom. The minimum absolute atomic E-state index is 0.125. The Kier molecular flexibility index (Phi) is 5.17. The molecule has 2 N–H and O–H groups in total. The van der Waals surface area contributed by atoms with Gasteiger partial charge in [-0.05, 0) is 19.4 Å². The van der Waals surface area contributed by atoms with E-state index in [1.54, 1.807) is 0 Å². The van der Waals surface area contributed by atoms with Crippen LogP contribution in [-0.2, 0) is 4.74 Å². The van der Waals surface area contributed by atoms with E-state index in [4.69, 9.17) is 9.26 Å². The van der Waals surface area contributed by atoms with Crippen LogP contribution in [-0.4, -0.2) is 56.5 Å². The maximum atomic E-state index is 13.1. The van der Waals surface area contributed by atoms with E-state index in [1.165, 1.54) is 0 Å². The van der Waals surface area contributed by atoms with Gasteiger partial charge in [0.15, 0.2) is 11.6 Å². The number of hydrogen-bond donors (Lipinski definition) is 2. The predicted octanol–water partition coefficient (Wildman–Crippen LogP) is 1.66. The third-order valence-electron chi connectivity index (χ3n) is 4.88. The number of morpholine rings is 1. The fraction of sp³-hybridized carbons (Fsp3) is 0.474. The Balaban J connectivity index is 1.66. The van der Waals surface area contributed by atoms with Crippen LogP contribution in [0.4, 0.5) is 5.82 Å². The molecule has 0 aliphatic carbocycles. The van der Waals surface area contributed by atoms with Gasteiger partial charge in [0.25, 0.3) is 5.91 Å². The number of aromatic nitrogens is 1. The number of ether oxygens (including phenoxy) is 1. The molecular formula is C19H24N4O3. The van der Waals surface area contributed by atoms with Crippen LogP contribution in [0.2, 0.25) is 0 Å². The van der Waals surface area contributed by atoms with E-state index in [1.807, 2.05) is 30.3 Å². The maximum Gasteiger partial charge on any atom is 0.259 e. The molecule has 4 rings (SSSR count). The van der Waals surface area contributed by atoms with Crippen molar-refractivity contribution in [2.75, 3.05) is 44.3 Å². The van der Waals surface area contributed by atoms with Gasteiger partial charge in [0.05, 0.1) is 13.2 Å². The number of amides is 1. The van der Waals surface area contributed by atoms with Crippen LogP contribution in [0, 0.1) is 0 Å². The lowest BCUT2D eigenvalue weighted by Gasteiger charge is -2.28. The first-order chi connectivity index (χ1) is 12.8. The van der Waals surface area contributed by atoms with Crippen molar-refractivity contribution in [3.05, 3.63) is 35.9 Å². The highest BCUT2D eigenvalue weighted by atomic mass is 16.5. The zero-order valence-electron chi connectivity index (χ0n) is 14.7. The van der Waals surface area contributed by atoms with Crippen LogP contribution >= 0.6 is 0 Å². The average Bonchev–Trinajstić information content (AvgIpc) is 3.15. The van der Waals surface area contributed by atoms with E-state index in [0.29, 0.717) is 43.4 Å². The maximum absolute atomic E-state index is 13.1. The van der Waals surface area contributed by atoms with Crippen molar-refractivity contribution in [2.45, 2.75) is 18.9 Å². The topological polar surface area (TPSA) is 79.6 Å². The van der Waals surface area contributed by atoms with Crippen molar-refractivity contribution >= 4 is 11.7 Å². The molecule has 1 unspecified atom stereocenters. The van der Waals surface area contributed by atoms with Gasteiger partial charge in [0.2, 0.25) is 0 Å². The van der Waals surface area contributed by atoms with Gasteiger partial charge in [-0.3, -0.25) is 4.79 Å². The Bertz CT molecular complexity index is 734. The summed E-state index contributed by atoms with van der Waals surface area (Å²) >= 11 is 0. The first-order valence-electron chi connectivity index (χ1n) is 9.22. The summed E-state index contributed by atoms with van der Waals surface area (Å²) in [4.78, 5) is 15.2. The minimum Gasteiger partial charge on any atom is -0.378 e. The fourth-order valence-electron chi connectivity index (χ4n) is 3.50. The smallest absolute Gasteiger partial charge is 0.259 e. The largest absolute Gasteiger partial charge is 0.378 e. The molecule has 1 aromatic heterocycles. The van der Waals surface area contributed by atoms with Gasteiger partial charge in [0, 0.05) is 31.2 Å². The van der Waals surface area contributed by atoms with E-state index in [2.05, 4.69) is 20.7 Å². The standard InChI is InChI=1S/C19H24N4O3/c24-19(21-15-7-4-8-20-13-15)16-17(14-5-2-1-3-6-14)26-22-18(16)23-9-11-25-12-10-23/h1-3,5-6,15,20H,4,7-13H2,(H,21,24). The highest BCUT2D eigenvalue weighted by molar-refractivity contribution is 6.04. The Morgan fingerprint density at radius 3 is 2.77 bits per heavy atom. The summed E-state index contributed by atoms with van der Waals surface area (Å²) in [7, 11) is 0. The molecule has 0 saturated carbocycles. The SMILES string of the molecule is O=C(NC1CCCNC1)c1c(N2CCOCC2)noc1-c1ccccc1. The molecule has 7 nitrogen and oxygen atoms in total. The molecule has 1 aromatic carbocycles. The van der Waals surface area contributed by atoms with Gasteiger partial charge in [-0.1, -0.05) is 35.5 Å². The molecule has 138 valence electrons. The number of rotatable bonds is 4. The second-order valence-corrected chi connectivity index (χ2v) is 6.69. The lowest BCUT2D eigenvalue weighted by atomic mass is 10.0. The molecule has 2 aliphatic heterocycles. The number of nitrogens with zero attached hydrogens (tertiary/aromatic N) is 2. The molecule has 1 amide bonds. The van der Waals surface area contributed by atoms with E-state index in [9.17, 15) is 4.79 Å². The first kappa shape index (κ1) is 17.1. The number of anilines is 1. The Morgan fingerprint density at radius 1 is 1.23 bits per heavy atom. The molecule has 0 spiro atoms. The van der Waals surface area contributed by atoms with Gasteiger partial charge in [-0.15, -0.1) is 0 Å². The molecule has 2 saturated heterocycles. The van der Waals surface area contributed by atoms with Crippen molar-refractivity contribution in [3.63, 3.8) is 0 Å². The van der Waals surface area contributed by atoms with Gasteiger partial charge < -0.3 is 24.8 Å². The van der Waals surface area contributed by atoms with Gasteiger partial charge in [-0.2, -0.15) is 0 Å². The van der Waals surface area contributed by atoms with E-state index < -0.39 is 0 Å². The van der Waals surface area contributed by atoms with Crippen LogP contribution in [0.5, 0.6) is 0 Å². The van der Waals surface area contributed by atoms with Gasteiger partial charge in [0.1, 0.15) is 5.56 Å². The number of nitrogens with one attached hydrogen (secondary N) is 2. The third kappa shape index (κ3) is 3.59. The summed E-state index contributed by atoms with van der Waals surface area (Å²) in [5.41, 5.74) is 1.37. The number of benzene rings is 1. The van der Waals surface area contributed by atoms with Gasteiger partial charge in [-0.25, -0.2) is 0 Å². The highest BCUT2D eigenvalue weighted by Crippen LogP contribution is 2.32. The summed E-state index contributed by atoms with van der Waals surface area (Å²) in [5.74, 6) is 1.00. The molecule has 7 heteroatoms.